The molecular formula is C24H30O7. The Hall–Kier alpha value is -3.35. The second kappa shape index (κ2) is 11.2. The molecule has 7 nitrogen and oxygen atoms in total. The molecule has 2 rings (SSSR count). The minimum atomic E-state index is -0.709. The molecule has 2 aromatic carbocycles. The lowest BCUT2D eigenvalue weighted by Gasteiger charge is -2.27. The summed E-state index contributed by atoms with van der Waals surface area (Å²) in [5, 5.41) is 0. The van der Waals surface area contributed by atoms with E-state index in [0.717, 1.165) is 5.56 Å². The molecule has 0 bridgehead atoms. The van der Waals surface area contributed by atoms with Gasteiger partial charge in [-0.1, -0.05) is 12.1 Å². The summed E-state index contributed by atoms with van der Waals surface area (Å²) in [6.45, 7) is 6.93. The summed E-state index contributed by atoms with van der Waals surface area (Å²) >= 11 is 0. The lowest BCUT2D eigenvalue weighted by molar-refractivity contribution is -0.151. The average molecular weight is 430 g/mol. The van der Waals surface area contributed by atoms with Crippen molar-refractivity contribution in [2.45, 2.75) is 32.5 Å². The summed E-state index contributed by atoms with van der Waals surface area (Å²) in [6, 6.07) is 9.04. The van der Waals surface area contributed by atoms with Gasteiger partial charge in [0.05, 0.1) is 28.4 Å². The molecule has 0 spiro atoms. The van der Waals surface area contributed by atoms with E-state index in [1.54, 1.807) is 59.6 Å². The molecule has 31 heavy (non-hydrogen) atoms. The number of methoxy groups -OCH3 is 4. The quantitative estimate of drug-likeness (QED) is 0.383. The third-order valence-corrected chi connectivity index (χ3v) is 4.66. The Kier molecular flexibility index (Phi) is 8.61. The van der Waals surface area contributed by atoms with Gasteiger partial charge in [0.25, 0.3) is 0 Å². The monoisotopic (exact) mass is 430 g/mol. The van der Waals surface area contributed by atoms with Crippen LogP contribution in [0.4, 0.5) is 0 Å². The first kappa shape index (κ1) is 23.9. The number of hydrogen-bond donors (Lipinski definition) is 0. The van der Waals surface area contributed by atoms with E-state index in [2.05, 4.69) is 6.58 Å². The van der Waals surface area contributed by atoms with Crippen LogP contribution in [0.3, 0.4) is 0 Å². The molecule has 0 N–H and O–H groups in total. The van der Waals surface area contributed by atoms with Crippen molar-refractivity contribution in [3.63, 3.8) is 0 Å². The number of esters is 1. The zero-order chi connectivity index (χ0) is 23.0. The van der Waals surface area contributed by atoms with Crippen molar-refractivity contribution in [3.8, 4) is 28.7 Å². The number of ether oxygens (including phenoxy) is 6. The zero-order valence-corrected chi connectivity index (χ0v) is 18.9. The van der Waals surface area contributed by atoms with E-state index >= 15 is 0 Å². The molecule has 0 aliphatic rings. The third-order valence-electron chi connectivity index (χ3n) is 4.66. The molecule has 0 aromatic heterocycles. The molecule has 0 aliphatic carbocycles. The Balaban J connectivity index is 2.44. The number of carbonyl (C=O) groups is 1. The molecule has 0 aliphatic heterocycles. The van der Waals surface area contributed by atoms with E-state index in [0.29, 0.717) is 40.7 Å². The molecule has 0 fully saturated rings. The summed E-state index contributed by atoms with van der Waals surface area (Å²) in [6.07, 6.45) is 1.17. The Bertz CT molecular complexity index is 882. The Morgan fingerprint density at radius 3 is 2.00 bits per heavy atom. The van der Waals surface area contributed by atoms with E-state index in [-0.39, 0.29) is 0 Å². The maximum Gasteiger partial charge on any atom is 0.303 e. The fourth-order valence-corrected chi connectivity index (χ4v) is 3.23. The number of hydrogen-bond acceptors (Lipinski definition) is 7. The minimum Gasteiger partial charge on any atom is -0.493 e. The lowest BCUT2D eigenvalue weighted by Crippen LogP contribution is -2.26. The van der Waals surface area contributed by atoms with Gasteiger partial charge in [-0.15, -0.1) is 6.58 Å². The van der Waals surface area contributed by atoms with E-state index in [1.165, 1.54) is 6.92 Å². The molecule has 0 saturated heterocycles. The maximum absolute atomic E-state index is 11.8. The van der Waals surface area contributed by atoms with Crippen LogP contribution in [0.15, 0.2) is 43.0 Å². The maximum atomic E-state index is 11.8. The van der Waals surface area contributed by atoms with Crippen LogP contribution in [0.25, 0.3) is 0 Å². The van der Waals surface area contributed by atoms with Crippen molar-refractivity contribution in [2.75, 3.05) is 28.4 Å². The van der Waals surface area contributed by atoms with Crippen LogP contribution in [0, 0.1) is 0 Å². The predicted molar refractivity (Wildman–Crippen MR) is 118 cm³/mol. The molecule has 0 saturated carbocycles. The largest absolute Gasteiger partial charge is 0.493 e. The molecule has 168 valence electrons. The highest BCUT2D eigenvalue weighted by Gasteiger charge is 2.28. The predicted octanol–water partition coefficient (Wildman–Crippen LogP) is 4.52. The summed E-state index contributed by atoms with van der Waals surface area (Å²) in [5.74, 6) is 2.10. The fourth-order valence-electron chi connectivity index (χ4n) is 3.23. The van der Waals surface area contributed by atoms with Crippen molar-refractivity contribution in [3.05, 3.63) is 54.1 Å². The van der Waals surface area contributed by atoms with Gasteiger partial charge in [0.2, 0.25) is 5.75 Å². The van der Waals surface area contributed by atoms with Gasteiger partial charge in [-0.3, -0.25) is 4.79 Å². The van der Waals surface area contributed by atoms with Gasteiger partial charge in [0, 0.05) is 12.5 Å². The highest BCUT2D eigenvalue weighted by Crippen LogP contribution is 2.41. The SMILES string of the molecule is C=CCc1cc(OC)c(O[C@H](C)[C@@H](OC(C)=O)c2ccc(OC)c(OC)c2)c(OC)c1. The van der Waals surface area contributed by atoms with Gasteiger partial charge < -0.3 is 28.4 Å². The second-order valence-corrected chi connectivity index (χ2v) is 6.79. The molecule has 0 amide bonds. The van der Waals surface area contributed by atoms with Gasteiger partial charge in [0.15, 0.2) is 29.1 Å². The summed E-state index contributed by atoms with van der Waals surface area (Å²) < 4.78 is 33.5. The first-order valence-corrected chi connectivity index (χ1v) is 9.80. The van der Waals surface area contributed by atoms with Crippen LogP contribution in [-0.4, -0.2) is 40.5 Å². The number of carbonyl (C=O) groups excluding carboxylic acids is 1. The molecule has 0 unspecified atom stereocenters. The van der Waals surface area contributed by atoms with Crippen LogP contribution in [0.2, 0.25) is 0 Å². The van der Waals surface area contributed by atoms with Crippen LogP contribution in [-0.2, 0) is 16.0 Å². The summed E-state index contributed by atoms with van der Waals surface area (Å²) in [7, 11) is 6.22. The van der Waals surface area contributed by atoms with Crippen molar-refractivity contribution >= 4 is 5.97 Å². The molecule has 2 aromatic rings. The van der Waals surface area contributed by atoms with E-state index < -0.39 is 18.2 Å². The normalized spacial score (nSPS) is 12.3. The highest BCUT2D eigenvalue weighted by molar-refractivity contribution is 5.66. The second-order valence-electron chi connectivity index (χ2n) is 6.79. The summed E-state index contributed by atoms with van der Waals surface area (Å²) in [5.41, 5.74) is 1.67. The standard InChI is InChI=1S/C24H30O7/c1-8-9-17-12-21(28-6)24(22(13-17)29-7)30-15(2)23(31-16(3)25)18-10-11-19(26-4)20(14-18)27-5/h8,10-15,23H,1,9H2,2-7H3/t15-,23-/m1/s1. The van der Waals surface area contributed by atoms with Crippen molar-refractivity contribution in [1.82, 2.24) is 0 Å². The first-order valence-electron chi connectivity index (χ1n) is 9.80. The number of rotatable bonds is 11. The van der Waals surface area contributed by atoms with Gasteiger partial charge in [-0.05, 0) is 43.2 Å². The van der Waals surface area contributed by atoms with Crippen LogP contribution in [0.1, 0.15) is 31.1 Å². The average Bonchev–Trinajstić information content (AvgIpc) is 2.77. The molecular weight excluding hydrogens is 400 g/mol. The van der Waals surface area contributed by atoms with Crippen LogP contribution < -0.4 is 23.7 Å². The highest BCUT2D eigenvalue weighted by atomic mass is 16.6. The van der Waals surface area contributed by atoms with Gasteiger partial charge in [-0.25, -0.2) is 0 Å². The van der Waals surface area contributed by atoms with E-state index in [9.17, 15) is 4.79 Å². The van der Waals surface area contributed by atoms with Gasteiger partial charge in [-0.2, -0.15) is 0 Å². The Labute approximate surface area is 183 Å². The number of allylic oxidation sites excluding steroid dienone is 1. The molecule has 0 radical (unpaired) electrons. The number of benzene rings is 2. The fraction of sp³-hybridized carbons (Fsp3) is 0.375. The van der Waals surface area contributed by atoms with Crippen LogP contribution in [0.5, 0.6) is 28.7 Å². The van der Waals surface area contributed by atoms with Crippen molar-refractivity contribution < 1.29 is 33.2 Å². The third kappa shape index (κ3) is 5.84. The molecule has 2 atom stereocenters. The van der Waals surface area contributed by atoms with Crippen LogP contribution >= 0.6 is 0 Å². The minimum absolute atomic E-state index is 0.419. The van der Waals surface area contributed by atoms with E-state index in [1.807, 2.05) is 12.1 Å². The van der Waals surface area contributed by atoms with Gasteiger partial charge in [0.1, 0.15) is 6.10 Å². The Morgan fingerprint density at radius 1 is 0.935 bits per heavy atom. The molecule has 0 heterocycles. The topological polar surface area (TPSA) is 72.5 Å². The van der Waals surface area contributed by atoms with E-state index in [4.69, 9.17) is 28.4 Å². The van der Waals surface area contributed by atoms with Gasteiger partial charge >= 0.3 is 5.97 Å². The summed E-state index contributed by atoms with van der Waals surface area (Å²) in [4.78, 5) is 11.8. The zero-order valence-electron chi connectivity index (χ0n) is 18.9. The Morgan fingerprint density at radius 2 is 1.52 bits per heavy atom. The van der Waals surface area contributed by atoms with Crippen molar-refractivity contribution in [1.29, 1.82) is 0 Å². The molecule has 7 heteroatoms. The smallest absolute Gasteiger partial charge is 0.303 e. The lowest BCUT2D eigenvalue weighted by atomic mass is 10.0. The van der Waals surface area contributed by atoms with Crippen molar-refractivity contribution in [2.24, 2.45) is 0 Å². The first-order chi connectivity index (χ1) is 14.9.